The summed E-state index contributed by atoms with van der Waals surface area (Å²) in [5.41, 5.74) is 10.4. The average Bonchev–Trinajstić information content (AvgIpc) is 2.65. The van der Waals surface area contributed by atoms with Crippen molar-refractivity contribution in [3.05, 3.63) is 0 Å². The van der Waals surface area contributed by atoms with Crippen molar-refractivity contribution in [3.63, 3.8) is 0 Å². The largest absolute Gasteiger partial charge is 0.481 e. The lowest BCUT2D eigenvalue weighted by Gasteiger charge is -2.25. The van der Waals surface area contributed by atoms with Gasteiger partial charge < -0.3 is 47.8 Å². The minimum absolute atomic E-state index is 0.452. The van der Waals surface area contributed by atoms with E-state index in [1.165, 1.54) is 0 Å². The molecule has 0 aliphatic heterocycles. The normalized spacial score (nSPS) is 15.5. The standard InChI is InChI=1S/C16H27N5O10/c1-6(23)12(21-13(27)7(17)4-10(18)24)15(29)20-9(5-22)14(28)19-8(16(30)31)2-3-11(25)26/h6-9,12,22-23H,2-5,17H2,1H3,(H2,18,24)(H,19,28)(H,20,29)(H,21,27)(H,25,26)(H,30,31). The number of carbonyl (C=O) groups is 6. The maximum absolute atomic E-state index is 12.4. The highest BCUT2D eigenvalue weighted by Gasteiger charge is 2.32. The Bertz CT molecular complexity index is 698. The van der Waals surface area contributed by atoms with E-state index in [1.807, 2.05) is 10.6 Å². The van der Waals surface area contributed by atoms with Gasteiger partial charge in [0.1, 0.15) is 18.1 Å². The van der Waals surface area contributed by atoms with E-state index in [-0.39, 0.29) is 0 Å². The molecule has 15 nitrogen and oxygen atoms in total. The van der Waals surface area contributed by atoms with Gasteiger partial charge in [-0.3, -0.25) is 24.0 Å². The molecule has 0 bridgehead atoms. The van der Waals surface area contributed by atoms with Crippen LogP contribution in [0.1, 0.15) is 26.2 Å². The first-order valence-corrected chi connectivity index (χ1v) is 8.98. The summed E-state index contributed by atoms with van der Waals surface area (Å²) in [6.07, 6.45) is -3.04. The molecule has 0 aliphatic carbocycles. The lowest BCUT2D eigenvalue weighted by molar-refractivity contribution is -0.143. The number of nitrogens with two attached hydrogens (primary N) is 2. The molecule has 31 heavy (non-hydrogen) atoms. The number of primary amides is 1. The molecule has 0 aromatic carbocycles. The minimum atomic E-state index is -1.68. The van der Waals surface area contributed by atoms with Crippen molar-refractivity contribution in [2.75, 3.05) is 6.61 Å². The van der Waals surface area contributed by atoms with E-state index < -0.39 is 91.7 Å². The smallest absolute Gasteiger partial charge is 0.326 e. The zero-order valence-electron chi connectivity index (χ0n) is 16.6. The van der Waals surface area contributed by atoms with Crippen molar-refractivity contribution < 1.29 is 49.2 Å². The number of amides is 4. The van der Waals surface area contributed by atoms with E-state index in [0.29, 0.717) is 0 Å². The van der Waals surface area contributed by atoms with Crippen molar-refractivity contribution in [3.8, 4) is 0 Å². The molecule has 11 N–H and O–H groups in total. The van der Waals surface area contributed by atoms with Crippen LogP contribution in [-0.4, -0.2) is 92.9 Å². The third-order valence-corrected chi connectivity index (χ3v) is 3.90. The molecule has 0 fully saturated rings. The van der Waals surface area contributed by atoms with Crippen LogP contribution >= 0.6 is 0 Å². The molecule has 0 spiro atoms. The van der Waals surface area contributed by atoms with E-state index in [2.05, 4.69) is 5.32 Å². The quantitative estimate of drug-likeness (QED) is 0.121. The zero-order chi connectivity index (χ0) is 24.3. The summed E-state index contributed by atoms with van der Waals surface area (Å²) in [7, 11) is 0. The monoisotopic (exact) mass is 449 g/mol. The zero-order valence-corrected chi connectivity index (χ0v) is 16.6. The Labute approximate surface area is 176 Å². The van der Waals surface area contributed by atoms with Crippen LogP contribution < -0.4 is 27.4 Å². The van der Waals surface area contributed by atoms with Crippen molar-refractivity contribution in [2.45, 2.75) is 56.5 Å². The fourth-order valence-corrected chi connectivity index (χ4v) is 2.23. The van der Waals surface area contributed by atoms with Gasteiger partial charge in [0.15, 0.2) is 0 Å². The van der Waals surface area contributed by atoms with Gasteiger partial charge in [0, 0.05) is 6.42 Å². The number of carboxylic acid groups (broad SMARTS) is 2. The number of nitrogens with one attached hydrogen (secondary N) is 3. The van der Waals surface area contributed by atoms with Crippen LogP contribution in [0.4, 0.5) is 0 Å². The molecule has 0 aromatic heterocycles. The number of rotatable bonds is 14. The summed E-state index contributed by atoms with van der Waals surface area (Å²) in [6, 6.07) is -6.34. The molecule has 0 aliphatic rings. The molecular formula is C16H27N5O10. The van der Waals surface area contributed by atoms with Gasteiger partial charge in [-0.05, 0) is 13.3 Å². The Kier molecular flexibility index (Phi) is 11.7. The lowest BCUT2D eigenvalue weighted by atomic mass is 10.1. The minimum Gasteiger partial charge on any atom is -0.481 e. The Hall–Kier alpha value is -3.30. The topological polar surface area (TPSA) is 271 Å². The number of carbonyl (C=O) groups excluding carboxylic acids is 4. The summed E-state index contributed by atoms with van der Waals surface area (Å²) >= 11 is 0. The number of aliphatic carboxylic acids is 2. The summed E-state index contributed by atoms with van der Waals surface area (Å²) in [6.45, 7) is 0.148. The lowest BCUT2D eigenvalue weighted by Crippen LogP contribution is -2.60. The highest BCUT2D eigenvalue weighted by atomic mass is 16.4. The number of aliphatic hydroxyl groups excluding tert-OH is 2. The van der Waals surface area contributed by atoms with E-state index in [0.717, 1.165) is 6.92 Å². The molecule has 0 heterocycles. The van der Waals surface area contributed by atoms with Gasteiger partial charge in [-0.2, -0.15) is 0 Å². The summed E-state index contributed by atoms with van der Waals surface area (Å²) < 4.78 is 0. The highest BCUT2D eigenvalue weighted by molar-refractivity contribution is 5.95. The van der Waals surface area contributed by atoms with Gasteiger partial charge >= 0.3 is 11.9 Å². The fraction of sp³-hybridized carbons (Fsp3) is 0.625. The van der Waals surface area contributed by atoms with Gasteiger partial charge in [-0.25, -0.2) is 4.79 Å². The number of hydrogen-bond donors (Lipinski definition) is 9. The fourth-order valence-electron chi connectivity index (χ4n) is 2.23. The summed E-state index contributed by atoms with van der Waals surface area (Å²) in [4.78, 5) is 69.1. The maximum atomic E-state index is 12.4. The first-order valence-electron chi connectivity index (χ1n) is 8.98. The molecule has 4 amide bonds. The first kappa shape index (κ1) is 27.7. The first-order chi connectivity index (χ1) is 14.3. The molecule has 0 aromatic rings. The van der Waals surface area contributed by atoms with Crippen molar-refractivity contribution in [2.24, 2.45) is 11.5 Å². The van der Waals surface area contributed by atoms with Crippen LogP contribution in [-0.2, 0) is 28.8 Å². The van der Waals surface area contributed by atoms with Crippen molar-refractivity contribution in [1.29, 1.82) is 0 Å². The second-order valence-electron chi connectivity index (χ2n) is 6.58. The molecule has 176 valence electrons. The Balaban J connectivity index is 5.17. The predicted octanol–water partition coefficient (Wildman–Crippen LogP) is -5.03. The molecule has 15 heteroatoms. The van der Waals surface area contributed by atoms with Gasteiger partial charge in [0.05, 0.1) is 25.2 Å². The van der Waals surface area contributed by atoms with E-state index in [1.54, 1.807) is 0 Å². The third-order valence-electron chi connectivity index (χ3n) is 3.90. The second-order valence-corrected chi connectivity index (χ2v) is 6.58. The summed E-state index contributed by atoms with van der Waals surface area (Å²) in [5, 5.41) is 42.9. The van der Waals surface area contributed by atoms with E-state index >= 15 is 0 Å². The second kappa shape index (κ2) is 13.1. The van der Waals surface area contributed by atoms with Crippen LogP contribution in [0.15, 0.2) is 0 Å². The third kappa shape index (κ3) is 10.3. The Morgan fingerprint density at radius 1 is 0.903 bits per heavy atom. The number of aliphatic hydroxyl groups is 2. The van der Waals surface area contributed by atoms with Gasteiger partial charge in [-0.1, -0.05) is 0 Å². The predicted molar refractivity (Wildman–Crippen MR) is 101 cm³/mol. The number of carboxylic acids is 2. The van der Waals surface area contributed by atoms with Crippen molar-refractivity contribution in [1.82, 2.24) is 16.0 Å². The van der Waals surface area contributed by atoms with Crippen LogP contribution in [0.5, 0.6) is 0 Å². The molecule has 0 saturated carbocycles. The van der Waals surface area contributed by atoms with E-state index in [4.69, 9.17) is 21.7 Å². The molecule has 0 saturated heterocycles. The van der Waals surface area contributed by atoms with Crippen LogP contribution in [0.25, 0.3) is 0 Å². The maximum Gasteiger partial charge on any atom is 0.326 e. The molecule has 0 rings (SSSR count). The summed E-state index contributed by atoms with van der Waals surface area (Å²) in [5.74, 6) is -6.97. The Morgan fingerprint density at radius 2 is 1.45 bits per heavy atom. The number of hydrogen-bond acceptors (Lipinski definition) is 9. The van der Waals surface area contributed by atoms with Crippen molar-refractivity contribution >= 4 is 35.6 Å². The van der Waals surface area contributed by atoms with Gasteiger partial charge in [0.2, 0.25) is 23.6 Å². The molecule has 5 atom stereocenters. The SMILES string of the molecule is CC(O)C(NC(=O)C(N)CC(N)=O)C(=O)NC(CO)C(=O)NC(CCC(=O)O)C(=O)O. The molecule has 5 unspecified atom stereocenters. The van der Waals surface area contributed by atoms with Gasteiger partial charge in [-0.15, -0.1) is 0 Å². The van der Waals surface area contributed by atoms with E-state index in [9.17, 15) is 39.0 Å². The van der Waals surface area contributed by atoms with Crippen LogP contribution in [0.3, 0.4) is 0 Å². The molecular weight excluding hydrogens is 422 g/mol. The molecule has 0 radical (unpaired) electrons. The van der Waals surface area contributed by atoms with Crippen LogP contribution in [0.2, 0.25) is 0 Å². The van der Waals surface area contributed by atoms with Crippen LogP contribution in [0, 0.1) is 0 Å². The Morgan fingerprint density at radius 3 is 1.87 bits per heavy atom. The van der Waals surface area contributed by atoms with Gasteiger partial charge in [0.25, 0.3) is 0 Å². The average molecular weight is 449 g/mol. The highest BCUT2D eigenvalue weighted by Crippen LogP contribution is 2.01.